The van der Waals surface area contributed by atoms with Crippen LogP contribution in [-0.2, 0) is 4.79 Å². The van der Waals surface area contributed by atoms with E-state index in [1.165, 1.54) is 0 Å². The zero-order valence-corrected chi connectivity index (χ0v) is 6.59. The van der Waals surface area contributed by atoms with E-state index in [9.17, 15) is 9.90 Å². The van der Waals surface area contributed by atoms with Crippen molar-refractivity contribution >= 4 is 5.97 Å². The Kier molecular flexibility index (Phi) is 2.84. The Balaban J connectivity index is 3.85. The summed E-state index contributed by atoms with van der Waals surface area (Å²) in [5, 5.41) is 17.5. The Hall–Kier alpha value is -0.570. The molecule has 0 aliphatic heterocycles. The van der Waals surface area contributed by atoms with Crippen LogP contribution in [0.4, 0.5) is 0 Å². The number of rotatable bonds is 2. The van der Waals surface area contributed by atoms with E-state index in [0.717, 1.165) is 0 Å². The van der Waals surface area contributed by atoms with Gasteiger partial charge in [-0.1, -0.05) is 20.8 Å². The first-order valence-electron chi connectivity index (χ1n) is 3.24. The molecule has 0 aliphatic carbocycles. The van der Waals surface area contributed by atoms with Crippen molar-refractivity contribution in [3.05, 3.63) is 0 Å². The third-order valence-electron chi connectivity index (χ3n) is 1.37. The monoisotopic (exact) mass is 146 g/mol. The van der Waals surface area contributed by atoms with Crippen LogP contribution in [0.3, 0.4) is 0 Å². The summed E-state index contributed by atoms with van der Waals surface area (Å²) >= 11 is 0. The number of aliphatic hydroxyl groups excluding tert-OH is 1. The highest BCUT2D eigenvalue weighted by Crippen LogP contribution is 2.21. The summed E-state index contributed by atoms with van der Waals surface area (Å²) in [5.41, 5.74) is -0.335. The predicted octanol–water partition coefficient (Wildman–Crippen LogP) is 0.868. The van der Waals surface area contributed by atoms with Crippen LogP contribution in [0.5, 0.6) is 0 Å². The minimum atomic E-state index is -0.956. The molecule has 1 atom stereocenters. The first-order chi connectivity index (χ1) is 4.34. The largest absolute Gasteiger partial charge is 0.481 e. The maximum absolute atomic E-state index is 10.1. The number of aliphatic hydroxyl groups is 1. The van der Waals surface area contributed by atoms with Crippen LogP contribution < -0.4 is 0 Å². The Morgan fingerprint density at radius 1 is 1.50 bits per heavy atom. The van der Waals surface area contributed by atoms with Gasteiger partial charge in [0.05, 0.1) is 12.5 Å². The van der Waals surface area contributed by atoms with Crippen molar-refractivity contribution in [2.75, 3.05) is 0 Å². The lowest BCUT2D eigenvalue weighted by molar-refractivity contribution is -0.140. The number of carbonyl (C=O) groups is 1. The van der Waals surface area contributed by atoms with Crippen molar-refractivity contribution in [1.29, 1.82) is 0 Å². The molecule has 0 bridgehead atoms. The zero-order chi connectivity index (χ0) is 8.36. The molecule has 0 amide bonds. The number of hydrogen-bond donors (Lipinski definition) is 2. The van der Waals surface area contributed by atoms with Crippen LogP contribution in [0.1, 0.15) is 27.2 Å². The van der Waals surface area contributed by atoms with Gasteiger partial charge in [-0.3, -0.25) is 4.79 Å². The normalized spacial score (nSPS) is 14.8. The standard InChI is InChI=1S/C7H14O3/c1-7(2,3)5(8)4-6(9)10/h5,8H,4H2,1-3H3,(H,9,10)/t5-/m1/s1. The number of hydrogen-bond acceptors (Lipinski definition) is 2. The molecule has 0 aromatic heterocycles. The van der Waals surface area contributed by atoms with E-state index in [1.54, 1.807) is 20.8 Å². The Labute approximate surface area is 60.7 Å². The molecular formula is C7H14O3. The molecule has 3 heteroatoms. The molecule has 0 aromatic rings. The summed E-state index contributed by atoms with van der Waals surface area (Å²) in [7, 11) is 0. The molecule has 0 saturated carbocycles. The fraction of sp³-hybridized carbons (Fsp3) is 0.857. The smallest absolute Gasteiger partial charge is 0.305 e. The zero-order valence-electron chi connectivity index (χ0n) is 6.59. The van der Waals surface area contributed by atoms with Gasteiger partial charge in [0, 0.05) is 0 Å². The van der Waals surface area contributed by atoms with E-state index in [0.29, 0.717) is 0 Å². The molecule has 0 unspecified atom stereocenters. The highest BCUT2D eigenvalue weighted by atomic mass is 16.4. The third-order valence-corrected chi connectivity index (χ3v) is 1.37. The van der Waals surface area contributed by atoms with Gasteiger partial charge in [-0.25, -0.2) is 0 Å². The second-order valence-electron chi connectivity index (χ2n) is 3.48. The lowest BCUT2D eigenvalue weighted by Gasteiger charge is -2.23. The van der Waals surface area contributed by atoms with Crippen molar-refractivity contribution in [2.45, 2.75) is 33.3 Å². The van der Waals surface area contributed by atoms with Crippen molar-refractivity contribution in [3.8, 4) is 0 Å². The summed E-state index contributed by atoms with van der Waals surface area (Å²) < 4.78 is 0. The molecule has 0 aliphatic rings. The summed E-state index contributed by atoms with van der Waals surface area (Å²) in [6, 6.07) is 0. The molecule has 10 heavy (non-hydrogen) atoms. The summed E-state index contributed by atoms with van der Waals surface area (Å²) in [4.78, 5) is 10.1. The van der Waals surface area contributed by atoms with E-state index < -0.39 is 12.1 Å². The highest BCUT2D eigenvalue weighted by molar-refractivity contribution is 5.67. The van der Waals surface area contributed by atoms with E-state index in [4.69, 9.17) is 5.11 Å². The average Bonchev–Trinajstić information content (AvgIpc) is 1.60. The quantitative estimate of drug-likeness (QED) is 0.607. The van der Waals surface area contributed by atoms with Crippen LogP contribution in [-0.4, -0.2) is 22.3 Å². The van der Waals surface area contributed by atoms with Gasteiger partial charge in [-0.2, -0.15) is 0 Å². The van der Waals surface area contributed by atoms with Crippen LogP contribution >= 0.6 is 0 Å². The second kappa shape index (κ2) is 3.01. The minimum Gasteiger partial charge on any atom is -0.481 e. The van der Waals surface area contributed by atoms with Gasteiger partial charge in [0.15, 0.2) is 0 Å². The van der Waals surface area contributed by atoms with Gasteiger partial charge in [0.1, 0.15) is 0 Å². The molecule has 0 aromatic carbocycles. The number of aliphatic carboxylic acids is 1. The van der Waals surface area contributed by atoms with Crippen LogP contribution in [0, 0.1) is 5.41 Å². The summed E-state index contributed by atoms with van der Waals surface area (Å²) in [6.45, 7) is 5.42. The molecule has 0 heterocycles. The molecule has 0 spiro atoms. The van der Waals surface area contributed by atoms with Gasteiger partial charge >= 0.3 is 5.97 Å². The Morgan fingerprint density at radius 2 is 1.90 bits per heavy atom. The molecule has 60 valence electrons. The SMILES string of the molecule is CC(C)(C)[C@H](O)CC(=O)O. The van der Waals surface area contributed by atoms with Gasteiger partial charge in [0.2, 0.25) is 0 Å². The van der Waals surface area contributed by atoms with Crippen molar-refractivity contribution in [3.63, 3.8) is 0 Å². The molecular weight excluding hydrogens is 132 g/mol. The first kappa shape index (κ1) is 9.43. The topological polar surface area (TPSA) is 57.5 Å². The Morgan fingerprint density at radius 3 is 2.00 bits per heavy atom. The third kappa shape index (κ3) is 3.45. The van der Waals surface area contributed by atoms with Gasteiger partial charge in [-0.15, -0.1) is 0 Å². The van der Waals surface area contributed by atoms with E-state index in [1.807, 2.05) is 0 Å². The minimum absolute atomic E-state index is 0.177. The second-order valence-corrected chi connectivity index (χ2v) is 3.48. The van der Waals surface area contributed by atoms with Gasteiger partial charge in [0.25, 0.3) is 0 Å². The lowest BCUT2D eigenvalue weighted by atomic mass is 9.87. The molecule has 0 fully saturated rings. The van der Waals surface area contributed by atoms with E-state index >= 15 is 0 Å². The average molecular weight is 146 g/mol. The molecule has 0 saturated heterocycles. The number of carboxylic acids is 1. The van der Waals surface area contributed by atoms with Crippen LogP contribution in [0.15, 0.2) is 0 Å². The maximum Gasteiger partial charge on any atom is 0.305 e. The fourth-order valence-electron chi connectivity index (χ4n) is 0.472. The predicted molar refractivity (Wildman–Crippen MR) is 37.7 cm³/mol. The first-order valence-corrected chi connectivity index (χ1v) is 3.24. The molecule has 2 N–H and O–H groups in total. The molecule has 0 rings (SSSR count). The fourth-order valence-corrected chi connectivity index (χ4v) is 0.472. The lowest BCUT2D eigenvalue weighted by Crippen LogP contribution is -2.28. The summed E-state index contributed by atoms with van der Waals surface area (Å²) in [5.74, 6) is -0.956. The van der Waals surface area contributed by atoms with Gasteiger partial charge < -0.3 is 10.2 Å². The highest BCUT2D eigenvalue weighted by Gasteiger charge is 2.23. The number of carboxylic acid groups (broad SMARTS) is 1. The van der Waals surface area contributed by atoms with Crippen molar-refractivity contribution < 1.29 is 15.0 Å². The van der Waals surface area contributed by atoms with E-state index in [2.05, 4.69) is 0 Å². The van der Waals surface area contributed by atoms with Crippen molar-refractivity contribution in [1.82, 2.24) is 0 Å². The maximum atomic E-state index is 10.1. The van der Waals surface area contributed by atoms with Gasteiger partial charge in [-0.05, 0) is 5.41 Å². The summed E-state index contributed by atoms with van der Waals surface area (Å²) in [6.07, 6.45) is -0.936. The molecule has 0 radical (unpaired) electrons. The Bertz CT molecular complexity index is 123. The van der Waals surface area contributed by atoms with Crippen LogP contribution in [0.25, 0.3) is 0 Å². The van der Waals surface area contributed by atoms with E-state index in [-0.39, 0.29) is 11.8 Å². The van der Waals surface area contributed by atoms with Crippen LogP contribution in [0.2, 0.25) is 0 Å². The van der Waals surface area contributed by atoms with Crippen molar-refractivity contribution in [2.24, 2.45) is 5.41 Å². The molecule has 3 nitrogen and oxygen atoms in total.